The lowest BCUT2D eigenvalue weighted by molar-refractivity contribution is 0.0693. The minimum Gasteiger partial charge on any atom is -0.478 e. The summed E-state index contributed by atoms with van der Waals surface area (Å²) in [5.41, 5.74) is 0.611. The van der Waals surface area contributed by atoms with Crippen molar-refractivity contribution in [2.75, 3.05) is 13.2 Å². The van der Waals surface area contributed by atoms with E-state index in [-0.39, 0.29) is 11.7 Å². The average molecular weight is 239 g/mol. The van der Waals surface area contributed by atoms with Gasteiger partial charge in [-0.1, -0.05) is 0 Å². The summed E-state index contributed by atoms with van der Waals surface area (Å²) >= 11 is 0. The van der Waals surface area contributed by atoms with Crippen LogP contribution in [-0.4, -0.2) is 40.3 Å². The van der Waals surface area contributed by atoms with Crippen LogP contribution in [0.1, 0.15) is 29.9 Å². The van der Waals surface area contributed by atoms with Crippen molar-refractivity contribution in [3.63, 3.8) is 0 Å². The Kier molecular flexibility index (Phi) is 5.51. The number of nitrogens with one attached hydrogen (secondary N) is 1. The van der Waals surface area contributed by atoms with Gasteiger partial charge in [0.15, 0.2) is 0 Å². The first kappa shape index (κ1) is 13.5. The molecule has 1 heterocycles. The van der Waals surface area contributed by atoms with Crippen LogP contribution < -0.4 is 5.32 Å². The molecule has 0 saturated heterocycles. The van der Waals surface area contributed by atoms with Crippen LogP contribution in [0, 0.1) is 0 Å². The number of aromatic carboxylic acids is 1. The third kappa shape index (κ3) is 4.46. The second-order valence-corrected chi connectivity index (χ2v) is 3.59. The molecule has 1 unspecified atom stereocenters. The second kappa shape index (κ2) is 6.93. The fraction of sp³-hybridized carbons (Fsp3) is 0.545. The van der Waals surface area contributed by atoms with E-state index in [2.05, 4.69) is 15.3 Å². The summed E-state index contributed by atoms with van der Waals surface area (Å²) in [4.78, 5) is 18.5. The lowest BCUT2D eigenvalue weighted by Crippen LogP contribution is -2.27. The Morgan fingerprint density at radius 3 is 3.06 bits per heavy atom. The molecule has 0 radical (unpaired) electrons. The van der Waals surface area contributed by atoms with Crippen LogP contribution in [0.25, 0.3) is 0 Å². The first-order valence-corrected chi connectivity index (χ1v) is 5.49. The maximum Gasteiger partial charge on any atom is 0.339 e. The van der Waals surface area contributed by atoms with Crippen molar-refractivity contribution in [2.45, 2.75) is 26.5 Å². The Hall–Kier alpha value is -1.53. The second-order valence-electron chi connectivity index (χ2n) is 3.59. The fourth-order valence-electron chi connectivity index (χ4n) is 1.41. The monoisotopic (exact) mass is 239 g/mol. The summed E-state index contributed by atoms with van der Waals surface area (Å²) in [6, 6.07) is 0. The highest BCUT2D eigenvalue weighted by Gasteiger charge is 2.11. The molecule has 0 aliphatic carbocycles. The third-order valence-electron chi connectivity index (χ3n) is 2.20. The van der Waals surface area contributed by atoms with Gasteiger partial charge in [0.1, 0.15) is 11.9 Å². The van der Waals surface area contributed by atoms with Crippen molar-refractivity contribution in [3.05, 3.63) is 23.8 Å². The van der Waals surface area contributed by atoms with E-state index in [1.807, 2.05) is 13.8 Å². The predicted octanol–water partition coefficient (Wildman–Crippen LogP) is 0.689. The van der Waals surface area contributed by atoms with E-state index >= 15 is 0 Å². The van der Waals surface area contributed by atoms with Gasteiger partial charge >= 0.3 is 5.97 Å². The van der Waals surface area contributed by atoms with Crippen molar-refractivity contribution in [1.29, 1.82) is 0 Å². The molecule has 0 spiro atoms. The smallest absolute Gasteiger partial charge is 0.339 e. The number of rotatable bonds is 7. The van der Waals surface area contributed by atoms with Crippen LogP contribution in [0.3, 0.4) is 0 Å². The number of carbonyl (C=O) groups is 1. The molecule has 0 aromatic carbocycles. The van der Waals surface area contributed by atoms with Gasteiger partial charge in [-0.15, -0.1) is 0 Å². The largest absolute Gasteiger partial charge is 0.478 e. The van der Waals surface area contributed by atoms with Gasteiger partial charge in [0, 0.05) is 25.9 Å². The molecular weight excluding hydrogens is 222 g/mol. The van der Waals surface area contributed by atoms with E-state index in [0.717, 1.165) is 0 Å². The molecule has 6 heteroatoms. The highest BCUT2D eigenvalue weighted by molar-refractivity contribution is 5.88. The molecule has 0 fully saturated rings. The van der Waals surface area contributed by atoms with E-state index in [9.17, 15) is 4.79 Å². The third-order valence-corrected chi connectivity index (χ3v) is 2.20. The zero-order valence-corrected chi connectivity index (χ0v) is 10.0. The molecule has 1 aromatic heterocycles. The van der Waals surface area contributed by atoms with E-state index in [0.29, 0.717) is 25.4 Å². The molecule has 1 aromatic rings. The zero-order chi connectivity index (χ0) is 12.7. The van der Waals surface area contributed by atoms with Crippen LogP contribution in [0.5, 0.6) is 0 Å². The van der Waals surface area contributed by atoms with Gasteiger partial charge < -0.3 is 15.2 Å². The maximum absolute atomic E-state index is 10.9. The average Bonchev–Trinajstić information content (AvgIpc) is 2.30. The number of aromatic nitrogens is 2. The number of carboxylic acid groups (broad SMARTS) is 1. The first-order valence-electron chi connectivity index (χ1n) is 5.49. The molecule has 6 nitrogen and oxygen atoms in total. The first-order chi connectivity index (χ1) is 8.15. The van der Waals surface area contributed by atoms with E-state index in [1.165, 1.54) is 12.5 Å². The molecule has 94 valence electrons. The number of ether oxygens (including phenoxy) is 1. The van der Waals surface area contributed by atoms with Crippen molar-refractivity contribution in [3.8, 4) is 0 Å². The maximum atomic E-state index is 10.9. The highest BCUT2D eigenvalue weighted by atomic mass is 16.5. The Labute approximate surface area is 100 Å². The molecule has 1 atom stereocenters. The Morgan fingerprint density at radius 1 is 1.65 bits per heavy atom. The molecule has 0 aliphatic heterocycles. The topological polar surface area (TPSA) is 84.3 Å². The molecule has 0 amide bonds. The Morgan fingerprint density at radius 2 is 2.41 bits per heavy atom. The summed E-state index contributed by atoms with van der Waals surface area (Å²) in [5, 5.41) is 12.0. The number of carboxylic acids is 1. The summed E-state index contributed by atoms with van der Waals surface area (Å²) in [6.07, 6.45) is 2.74. The lowest BCUT2D eigenvalue weighted by atomic mass is 10.2. The highest BCUT2D eigenvalue weighted by Crippen LogP contribution is 2.03. The van der Waals surface area contributed by atoms with Gasteiger partial charge in [0.05, 0.1) is 11.8 Å². The molecule has 0 saturated carbocycles. The van der Waals surface area contributed by atoms with Gasteiger partial charge in [0.25, 0.3) is 0 Å². The van der Waals surface area contributed by atoms with Gasteiger partial charge in [0.2, 0.25) is 0 Å². The molecular formula is C11H17N3O3. The Balaban J connectivity index is 2.49. The number of hydrogen-bond donors (Lipinski definition) is 2. The van der Waals surface area contributed by atoms with Crippen LogP contribution >= 0.6 is 0 Å². The molecule has 17 heavy (non-hydrogen) atoms. The number of hydrogen-bond acceptors (Lipinski definition) is 5. The molecule has 1 rings (SSSR count). The lowest BCUT2D eigenvalue weighted by Gasteiger charge is -2.12. The van der Waals surface area contributed by atoms with E-state index in [4.69, 9.17) is 9.84 Å². The molecule has 0 bridgehead atoms. The summed E-state index contributed by atoms with van der Waals surface area (Å²) in [6.45, 7) is 5.59. The number of nitrogens with zero attached hydrogens (tertiary/aromatic N) is 2. The Bertz CT molecular complexity index is 371. The summed E-state index contributed by atoms with van der Waals surface area (Å²) in [5.74, 6) is -1.01. The van der Waals surface area contributed by atoms with Crippen molar-refractivity contribution in [2.24, 2.45) is 0 Å². The van der Waals surface area contributed by atoms with Crippen molar-refractivity contribution < 1.29 is 14.6 Å². The summed E-state index contributed by atoms with van der Waals surface area (Å²) < 4.78 is 5.35. The van der Waals surface area contributed by atoms with Crippen LogP contribution in [0.4, 0.5) is 0 Å². The molecule has 2 N–H and O–H groups in total. The summed E-state index contributed by atoms with van der Waals surface area (Å²) in [7, 11) is 0. The van der Waals surface area contributed by atoms with E-state index in [1.54, 1.807) is 0 Å². The normalized spacial score (nSPS) is 12.4. The van der Waals surface area contributed by atoms with Crippen LogP contribution in [-0.2, 0) is 11.3 Å². The van der Waals surface area contributed by atoms with Gasteiger partial charge in [-0.2, -0.15) is 0 Å². The predicted molar refractivity (Wildman–Crippen MR) is 61.8 cm³/mol. The minimum absolute atomic E-state index is 0.0927. The minimum atomic E-state index is -1.01. The van der Waals surface area contributed by atoms with Crippen molar-refractivity contribution >= 4 is 5.97 Å². The van der Waals surface area contributed by atoms with Crippen LogP contribution in [0.15, 0.2) is 12.5 Å². The van der Waals surface area contributed by atoms with Gasteiger partial charge in [-0.05, 0) is 13.8 Å². The SMILES string of the molecule is CCOC(C)CNCc1ncncc1C(=O)O. The quantitative estimate of drug-likeness (QED) is 0.728. The zero-order valence-electron chi connectivity index (χ0n) is 10.0. The fourth-order valence-corrected chi connectivity index (χ4v) is 1.41. The molecule has 0 aliphatic rings. The van der Waals surface area contributed by atoms with Crippen molar-refractivity contribution in [1.82, 2.24) is 15.3 Å². The van der Waals surface area contributed by atoms with Crippen LogP contribution in [0.2, 0.25) is 0 Å². The standard InChI is InChI=1S/C11H17N3O3/c1-3-17-8(2)4-12-6-10-9(11(15)16)5-13-7-14-10/h5,7-8,12H,3-4,6H2,1-2H3,(H,15,16). The van der Waals surface area contributed by atoms with Gasteiger partial charge in [-0.3, -0.25) is 0 Å². The van der Waals surface area contributed by atoms with E-state index < -0.39 is 5.97 Å². The van der Waals surface area contributed by atoms with Gasteiger partial charge in [-0.25, -0.2) is 14.8 Å².